The van der Waals surface area contributed by atoms with Crippen molar-refractivity contribution in [1.82, 2.24) is 0 Å². The molecule has 1 rings (SSSR count). The lowest BCUT2D eigenvalue weighted by Gasteiger charge is -2.10. The number of thiol groups is 1. The first-order chi connectivity index (χ1) is 5.84. The minimum absolute atomic E-state index is 0.0552. The standard InChI is InChI=1S/C7H3Cl2F3S/c8-4-2-1-3(7(10,11)12)6(13)5(4)9/h1-2,13H. The highest BCUT2D eigenvalue weighted by Crippen LogP contribution is 2.39. The minimum atomic E-state index is -4.45. The number of alkyl halides is 3. The van der Waals surface area contributed by atoms with Crippen LogP contribution in [0.2, 0.25) is 10.0 Å². The molecule has 0 aliphatic carbocycles. The number of hydrogen-bond donors (Lipinski definition) is 1. The smallest absolute Gasteiger partial charge is 0.166 e. The van der Waals surface area contributed by atoms with E-state index in [0.717, 1.165) is 12.1 Å². The van der Waals surface area contributed by atoms with Crippen LogP contribution in [0, 0.1) is 0 Å². The Morgan fingerprint density at radius 1 is 1.15 bits per heavy atom. The summed E-state index contributed by atoms with van der Waals surface area (Å²) in [5.41, 5.74) is -0.884. The fourth-order valence-electron chi connectivity index (χ4n) is 0.769. The van der Waals surface area contributed by atoms with Crippen LogP contribution >= 0.6 is 35.8 Å². The predicted octanol–water partition coefficient (Wildman–Crippen LogP) is 4.30. The Morgan fingerprint density at radius 2 is 1.69 bits per heavy atom. The van der Waals surface area contributed by atoms with E-state index in [1.54, 1.807) is 0 Å². The maximum atomic E-state index is 12.2. The van der Waals surface area contributed by atoms with Crippen LogP contribution in [-0.2, 0) is 6.18 Å². The molecule has 13 heavy (non-hydrogen) atoms. The van der Waals surface area contributed by atoms with Gasteiger partial charge < -0.3 is 0 Å². The second-order valence-electron chi connectivity index (χ2n) is 2.26. The van der Waals surface area contributed by atoms with E-state index in [4.69, 9.17) is 23.2 Å². The summed E-state index contributed by atoms with van der Waals surface area (Å²) in [5.74, 6) is 0. The zero-order valence-electron chi connectivity index (χ0n) is 5.99. The van der Waals surface area contributed by atoms with Gasteiger partial charge in [-0.2, -0.15) is 13.2 Å². The van der Waals surface area contributed by atoms with Crippen molar-refractivity contribution in [2.75, 3.05) is 0 Å². The van der Waals surface area contributed by atoms with Crippen molar-refractivity contribution in [3.63, 3.8) is 0 Å². The molecule has 6 heteroatoms. The Kier molecular flexibility index (Phi) is 3.05. The molecule has 72 valence electrons. The highest BCUT2D eigenvalue weighted by molar-refractivity contribution is 7.80. The zero-order valence-corrected chi connectivity index (χ0v) is 8.40. The van der Waals surface area contributed by atoms with Crippen LogP contribution in [0.5, 0.6) is 0 Å². The molecule has 0 fully saturated rings. The van der Waals surface area contributed by atoms with Gasteiger partial charge in [-0.05, 0) is 12.1 Å². The lowest BCUT2D eigenvalue weighted by Crippen LogP contribution is -2.06. The van der Waals surface area contributed by atoms with Crippen LogP contribution in [0.4, 0.5) is 13.2 Å². The summed E-state index contributed by atoms with van der Waals surface area (Å²) in [7, 11) is 0. The number of halogens is 5. The quantitative estimate of drug-likeness (QED) is 0.649. The highest BCUT2D eigenvalue weighted by atomic mass is 35.5. The summed E-state index contributed by atoms with van der Waals surface area (Å²) in [6, 6.07) is 1.93. The van der Waals surface area contributed by atoms with Gasteiger partial charge in [0.25, 0.3) is 0 Å². The maximum Gasteiger partial charge on any atom is 0.417 e. The van der Waals surface area contributed by atoms with E-state index in [1.807, 2.05) is 0 Å². The molecule has 0 spiro atoms. The third kappa shape index (κ3) is 2.24. The molecular weight excluding hydrogens is 244 g/mol. The molecule has 1 aromatic carbocycles. The van der Waals surface area contributed by atoms with E-state index in [1.165, 1.54) is 0 Å². The number of hydrogen-bond acceptors (Lipinski definition) is 1. The SMILES string of the molecule is FC(F)(F)c1ccc(Cl)c(Cl)c1S. The maximum absolute atomic E-state index is 12.2. The molecule has 0 saturated carbocycles. The van der Waals surface area contributed by atoms with Gasteiger partial charge >= 0.3 is 6.18 Å². The molecule has 1 aromatic rings. The molecule has 0 nitrogen and oxygen atoms in total. The van der Waals surface area contributed by atoms with Gasteiger partial charge in [0.1, 0.15) is 0 Å². The normalized spacial score (nSPS) is 11.8. The van der Waals surface area contributed by atoms with Crippen molar-refractivity contribution in [1.29, 1.82) is 0 Å². The summed E-state index contributed by atoms with van der Waals surface area (Å²) in [6.07, 6.45) is -4.45. The van der Waals surface area contributed by atoms with Gasteiger partial charge in [-0.3, -0.25) is 0 Å². The minimum Gasteiger partial charge on any atom is -0.166 e. The van der Waals surface area contributed by atoms with E-state index in [9.17, 15) is 13.2 Å². The van der Waals surface area contributed by atoms with Crippen molar-refractivity contribution in [2.45, 2.75) is 11.1 Å². The Labute approximate surface area is 88.1 Å². The van der Waals surface area contributed by atoms with Crippen molar-refractivity contribution in [3.8, 4) is 0 Å². The average molecular weight is 247 g/mol. The highest BCUT2D eigenvalue weighted by Gasteiger charge is 2.33. The first kappa shape index (κ1) is 11.0. The van der Waals surface area contributed by atoms with E-state index in [-0.39, 0.29) is 14.9 Å². The summed E-state index contributed by atoms with van der Waals surface area (Å²) < 4.78 is 36.6. The lowest BCUT2D eigenvalue weighted by atomic mass is 10.2. The first-order valence-electron chi connectivity index (χ1n) is 3.08. The summed E-state index contributed by atoms with van der Waals surface area (Å²) in [4.78, 5) is -0.346. The third-order valence-electron chi connectivity index (χ3n) is 1.37. The molecule has 0 atom stereocenters. The van der Waals surface area contributed by atoms with Crippen LogP contribution in [0.3, 0.4) is 0 Å². The monoisotopic (exact) mass is 246 g/mol. The van der Waals surface area contributed by atoms with E-state index < -0.39 is 11.7 Å². The summed E-state index contributed by atoms with van der Waals surface area (Å²) in [5, 5.41) is -0.125. The van der Waals surface area contributed by atoms with Gasteiger partial charge in [0, 0.05) is 4.90 Å². The van der Waals surface area contributed by atoms with Gasteiger partial charge in [0.05, 0.1) is 15.6 Å². The number of benzene rings is 1. The molecule has 0 aromatic heterocycles. The molecule has 0 N–H and O–H groups in total. The molecule has 0 aliphatic heterocycles. The second kappa shape index (κ2) is 3.59. The molecule has 0 heterocycles. The van der Waals surface area contributed by atoms with Gasteiger partial charge in [-0.25, -0.2) is 0 Å². The Hall–Kier alpha value is -0.0600. The van der Waals surface area contributed by atoms with Crippen molar-refractivity contribution < 1.29 is 13.2 Å². The largest absolute Gasteiger partial charge is 0.417 e. The molecule has 0 bridgehead atoms. The average Bonchev–Trinajstić information content (AvgIpc) is 1.98. The number of rotatable bonds is 0. The van der Waals surface area contributed by atoms with Crippen LogP contribution in [-0.4, -0.2) is 0 Å². The summed E-state index contributed by atoms with van der Waals surface area (Å²) in [6.45, 7) is 0. The molecule has 0 amide bonds. The van der Waals surface area contributed by atoms with Crippen LogP contribution in [0.25, 0.3) is 0 Å². The molecule has 0 saturated heterocycles. The fraction of sp³-hybridized carbons (Fsp3) is 0.143. The Balaban J connectivity index is 3.35. The fourth-order valence-corrected chi connectivity index (χ4v) is 1.48. The molecule has 0 unspecified atom stereocenters. The van der Waals surface area contributed by atoms with Crippen LogP contribution in [0.15, 0.2) is 17.0 Å². The van der Waals surface area contributed by atoms with Gasteiger partial charge in [-0.15, -0.1) is 12.6 Å². The second-order valence-corrected chi connectivity index (χ2v) is 3.49. The van der Waals surface area contributed by atoms with Gasteiger partial charge in [-0.1, -0.05) is 23.2 Å². The first-order valence-corrected chi connectivity index (χ1v) is 4.28. The van der Waals surface area contributed by atoms with E-state index in [2.05, 4.69) is 12.6 Å². The van der Waals surface area contributed by atoms with E-state index in [0.29, 0.717) is 0 Å². The zero-order chi connectivity index (χ0) is 10.2. The lowest BCUT2D eigenvalue weighted by molar-refractivity contribution is -0.139. The van der Waals surface area contributed by atoms with E-state index >= 15 is 0 Å². The van der Waals surface area contributed by atoms with Crippen LogP contribution < -0.4 is 0 Å². The molecule has 0 aliphatic rings. The summed E-state index contributed by atoms with van der Waals surface area (Å²) >= 11 is 14.6. The molecular formula is C7H3Cl2F3S. The van der Waals surface area contributed by atoms with Crippen molar-refractivity contribution in [2.24, 2.45) is 0 Å². The predicted molar refractivity (Wildman–Crippen MR) is 48.7 cm³/mol. The molecule has 0 radical (unpaired) electrons. The van der Waals surface area contributed by atoms with Crippen LogP contribution in [0.1, 0.15) is 5.56 Å². The van der Waals surface area contributed by atoms with Crippen molar-refractivity contribution in [3.05, 3.63) is 27.7 Å². The Morgan fingerprint density at radius 3 is 2.15 bits per heavy atom. The third-order valence-corrected chi connectivity index (χ3v) is 2.77. The Bertz CT molecular complexity index is 335. The topological polar surface area (TPSA) is 0 Å². The van der Waals surface area contributed by atoms with Gasteiger partial charge in [0.2, 0.25) is 0 Å². The van der Waals surface area contributed by atoms with Crippen molar-refractivity contribution >= 4 is 35.8 Å². The van der Waals surface area contributed by atoms with Gasteiger partial charge in [0.15, 0.2) is 0 Å².